The maximum absolute atomic E-state index is 6.22. The summed E-state index contributed by atoms with van der Waals surface area (Å²) >= 11 is 0. The minimum Gasteiger partial charge on any atom is -0.497 e. The molecule has 1 aliphatic carbocycles. The second-order valence-electron chi connectivity index (χ2n) is 9.05. The van der Waals surface area contributed by atoms with Gasteiger partial charge < -0.3 is 23.6 Å². The lowest BCUT2D eigenvalue weighted by Crippen LogP contribution is -2.15. The van der Waals surface area contributed by atoms with E-state index in [1.165, 1.54) is 12.8 Å². The fourth-order valence-corrected chi connectivity index (χ4v) is 4.40. The summed E-state index contributed by atoms with van der Waals surface area (Å²) in [5.41, 5.74) is 4.20. The molecule has 1 aliphatic rings. The van der Waals surface area contributed by atoms with Crippen LogP contribution in [0, 0.1) is 0 Å². The van der Waals surface area contributed by atoms with E-state index in [0.29, 0.717) is 24.9 Å². The molecular weight excluding hydrogens is 454 g/mol. The van der Waals surface area contributed by atoms with Gasteiger partial charge in [0, 0.05) is 30.6 Å². The number of ether oxygens (including phenoxy) is 3. The Morgan fingerprint density at radius 1 is 1.00 bits per heavy atom. The van der Waals surface area contributed by atoms with Crippen LogP contribution in [0.3, 0.4) is 0 Å². The van der Waals surface area contributed by atoms with Crippen molar-refractivity contribution in [3.8, 4) is 28.6 Å². The van der Waals surface area contributed by atoms with Crippen LogP contribution >= 0.6 is 0 Å². The summed E-state index contributed by atoms with van der Waals surface area (Å²) in [6.45, 7) is 0.981. The highest BCUT2D eigenvalue weighted by molar-refractivity contribution is 5.70. The van der Waals surface area contributed by atoms with Crippen LogP contribution in [0.15, 0.2) is 77.4 Å². The maximum Gasteiger partial charge on any atom is 0.254 e. The van der Waals surface area contributed by atoms with Crippen molar-refractivity contribution in [3.63, 3.8) is 0 Å². The van der Waals surface area contributed by atoms with Crippen LogP contribution in [-0.4, -0.2) is 30.4 Å². The minimum absolute atomic E-state index is 0.274. The van der Waals surface area contributed by atoms with Crippen molar-refractivity contribution < 1.29 is 18.7 Å². The summed E-state index contributed by atoms with van der Waals surface area (Å²) in [4.78, 5) is 6.61. The molecule has 0 bridgehead atoms. The minimum atomic E-state index is 0.274. The van der Waals surface area contributed by atoms with Crippen molar-refractivity contribution in [3.05, 3.63) is 84.3 Å². The number of hydrogen-bond donors (Lipinski definition) is 0. The van der Waals surface area contributed by atoms with Gasteiger partial charge in [0.25, 0.3) is 5.88 Å². The third kappa shape index (κ3) is 5.79. The lowest BCUT2D eigenvalue weighted by molar-refractivity contribution is 0.202. The van der Waals surface area contributed by atoms with Crippen molar-refractivity contribution in [2.24, 2.45) is 0 Å². The third-order valence-corrected chi connectivity index (χ3v) is 6.45. The molecule has 0 amide bonds. The molecule has 5 rings (SSSR count). The SMILES string of the molecule is COc1ccc(COc2cc(CN(C)c3ccc(-c4cccnc4OC4CCCC4)cc3)on2)cc1. The average molecular weight is 486 g/mol. The maximum atomic E-state index is 6.22. The first-order valence-electron chi connectivity index (χ1n) is 12.3. The zero-order chi connectivity index (χ0) is 24.7. The highest BCUT2D eigenvalue weighted by Crippen LogP contribution is 2.32. The van der Waals surface area contributed by atoms with E-state index >= 15 is 0 Å². The Morgan fingerprint density at radius 2 is 1.78 bits per heavy atom. The molecule has 0 spiro atoms. The number of methoxy groups -OCH3 is 1. The number of hydrogen-bond acceptors (Lipinski definition) is 7. The van der Waals surface area contributed by atoms with E-state index in [0.717, 1.165) is 46.7 Å². The molecule has 36 heavy (non-hydrogen) atoms. The normalized spacial score (nSPS) is 13.5. The van der Waals surface area contributed by atoms with Crippen molar-refractivity contribution in [1.29, 1.82) is 0 Å². The van der Waals surface area contributed by atoms with Crippen LogP contribution in [0.4, 0.5) is 5.69 Å². The number of pyridine rings is 1. The Bertz CT molecular complexity index is 1250. The first-order chi connectivity index (χ1) is 17.7. The van der Waals surface area contributed by atoms with E-state index < -0.39 is 0 Å². The van der Waals surface area contributed by atoms with E-state index in [2.05, 4.69) is 45.4 Å². The third-order valence-electron chi connectivity index (χ3n) is 6.45. The summed E-state index contributed by atoms with van der Waals surface area (Å²) in [7, 11) is 3.67. The molecule has 0 atom stereocenters. The van der Waals surface area contributed by atoms with Crippen LogP contribution in [0.2, 0.25) is 0 Å². The molecule has 0 saturated heterocycles. The molecule has 1 fully saturated rings. The van der Waals surface area contributed by atoms with Gasteiger partial charge >= 0.3 is 0 Å². The molecule has 0 aliphatic heterocycles. The summed E-state index contributed by atoms with van der Waals surface area (Å²) in [6, 6.07) is 22.0. The molecule has 4 aromatic rings. The Balaban J connectivity index is 1.19. The fourth-order valence-electron chi connectivity index (χ4n) is 4.40. The van der Waals surface area contributed by atoms with Gasteiger partial charge in [-0.15, -0.1) is 0 Å². The van der Waals surface area contributed by atoms with Crippen LogP contribution in [0.5, 0.6) is 17.5 Å². The van der Waals surface area contributed by atoms with Crippen LogP contribution < -0.4 is 19.1 Å². The van der Waals surface area contributed by atoms with Gasteiger partial charge in [-0.3, -0.25) is 0 Å². The predicted octanol–water partition coefficient (Wildman–Crippen LogP) is 6.28. The average Bonchev–Trinajstić information content (AvgIpc) is 3.60. The molecule has 2 aromatic carbocycles. The molecule has 186 valence electrons. The summed E-state index contributed by atoms with van der Waals surface area (Å²) in [5.74, 6) is 2.73. The Hall–Kier alpha value is -4.00. The van der Waals surface area contributed by atoms with Gasteiger partial charge in [-0.05, 0) is 78.4 Å². The molecule has 0 unspecified atom stereocenters. The van der Waals surface area contributed by atoms with Gasteiger partial charge in [-0.1, -0.05) is 24.3 Å². The number of aromatic nitrogens is 2. The number of rotatable bonds is 10. The van der Waals surface area contributed by atoms with Crippen molar-refractivity contribution >= 4 is 5.69 Å². The van der Waals surface area contributed by atoms with E-state index in [9.17, 15) is 0 Å². The zero-order valence-electron chi connectivity index (χ0n) is 20.7. The zero-order valence-corrected chi connectivity index (χ0v) is 20.7. The van der Waals surface area contributed by atoms with E-state index in [1.807, 2.05) is 43.4 Å². The number of nitrogens with zero attached hydrogens (tertiary/aromatic N) is 3. The molecule has 7 nitrogen and oxygen atoms in total. The predicted molar refractivity (Wildman–Crippen MR) is 138 cm³/mol. The van der Waals surface area contributed by atoms with E-state index in [1.54, 1.807) is 13.3 Å². The lowest BCUT2D eigenvalue weighted by atomic mass is 10.1. The Kier molecular flexibility index (Phi) is 7.36. The van der Waals surface area contributed by atoms with Crippen molar-refractivity contribution in [2.45, 2.75) is 44.9 Å². The molecule has 0 N–H and O–H groups in total. The van der Waals surface area contributed by atoms with Gasteiger partial charge in [0.05, 0.1) is 13.7 Å². The standard InChI is InChI=1S/C29H31N3O4/c1-32(19-26-18-28(31-36-26)34-20-21-9-15-24(33-2)16-10-21)23-13-11-22(12-14-23)27-8-5-17-30-29(27)35-25-6-3-4-7-25/h5,8-18,25H,3-4,6-7,19-20H2,1-2H3. The fraction of sp³-hybridized carbons (Fsp3) is 0.310. The van der Waals surface area contributed by atoms with Gasteiger partial charge in [-0.2, -0.15) is 0 Å². The number of anilines is 1. The second kappa shape index (κ2) is 11.2. The Labute approximate surface area is 211 Å². The van der Waals surface area contributed by atoms with Crippen molar-refractivity contribution in [1.82, 2.24) is 10.1 Å². The molecule has 7 heteroatoms. The highest BCUT2D eigenvalue weighted by Gasteiger charge is 2.19. The van der Waals surface area contributed by atoms with Gasteiger partial charge in [0.1, 0.15) is 18.5 Å². The van der Waals surface area contributed by atoms with Gasteiger partial charge in [0.15, 0.2) is 5.76 Å². The molecule has 2 aromatic heterocycles. The Morgan fingerprint density at radius 3 is 2.53 bits per heavy atom. The van der Waals surface area contributed by atoms with E-state index in [-0.39, 0.29) is 6.10 Å². The monoisotopic (exact) mass is 485 g/mol. The molecule has 2 heterocycles. The molecule has 1 saturated carbocycles. The van der Waals surface area contributed by atoms with Crippen LogP contribution in [0.1, 0.15) is 37.0 Å². The largest absolute Gasteiger partial charge is 0.497 e. The lowest BCUT2D eigenvalue weighted by Gasteiger charge is -2.19. The molecular formula is C29H31N3O4. The smallest absolute Gasteiger partial charge is 0.254 e. The first kappa shape index (κ1) is 23.7. The van der Waals surface area contributed by atoms with Crippen LogP contribution in [0.25, 0.3) is 11.1 Å². The summed E-state index contributed by atoms with van der Waals surface area (Å²) in [5, 5.41) is 4.05. The number of benzene rings is 2. The molecule has 0 radical (unpaired) electrons. The van der Waals surface area contributed by atoms with E-state index in [4.69, 9.17) is 18.7 Å². The topological polar surface area (TPSA) is 69.9 Å². The second-order valence-corrected chi connectivity index (χ2v) is 9.05. The van der Waals surface area contributed by atoms with Gasteiger partial charge in [-0.25, -0.2) is 4.98 Å². The van der Waals surface area contributed by atoms with Crippen LogP contribution in [-0.2, 0) is 13.2 Å². The van der Waals surface area contributed by atoms with Gasteiger partial charge in [0.2, 0.25) is 5.88 Å². The first-order valence-corrected chi connectivity index (χ1v) is 12.3. The quantitative estimate of drug-likeness (QED) is 0.262. The summed E-state index contributed by atoms with van der Waals surface area (Å²) < 4.78 is 22.7. The van der Waals surface area contributed by atoms with Crippen molar-refractivity contribution in [2.75, 3.05) is 19.1 Å². The highest BCUT2D eigenvalue weighted by atomic mass is 16.5. The summed E-state index contributed by atoms with van der Waals surface area (Å²) in [6.07, 6.45) is 6.74.